The van der Waals surface area contributed by atoms with Gasteiger partial charge in [-0.2, -0.15) is 0 Å². The maximum atomic E-state index is 12.6. The summed E-state index contributed by atoms with van der Waals surface area (Å²) in [5, 5.41) is 2.91. The molecule has 0 aromatic heterocycles. The van der Waals surface area contributed by atoms with Crippen LogP contribution < -0.4 is 5.32 Å². The minimum absolute atomic E-state index is 0.0669. The summed E-state index contributed by atoms with van der Waals surface area (Å²) in [6.07, 6.45) is 14.7. The van der Waals surface area contributed by atoms with E-state index in [2.05, 4.69) is 12.2 Å². The van der Waals surface area contributed by atoms with Gasteiger partial charge in [-0.3, -0.25) is 4.79 Å². The van der Waals surface area contributed by atoms with Crippen LogP contribution in [0.4, 0.5) is 0 Å². The van der Waals surface area contributed by atoms with E-state index in [4.69, 9.17) is 4.74 Å². The number of nitrogens with one attached hydrogen (secondary N) is 1. The smallest absolute Gasteiger partial charge is 0.329 e. The minimum atomic E-state index is -0.651. The van der Waals surface area contributed by atoms with Crippen molar-refractivity contribution in [3.63, 3.8) is 0 Å². The van der Waals surface area contributed by atoms with Gasteiger partial charge in [0.05, 0.1) is 0 Å². The summed E-state index contributed by atoms with van der Waals surface area (Å²) in [7, 11) is 0. The van der Waals surface area contributed by atoms with Crippen LogP contribution in [0, 0.1) is 0 Å². The summed E-state index contributed by atoms with van der Waals surface area (Å²) in [5.41, 5.74) is 0.431. The van der Waals surface area contributed by atoms with Crippen LogP contribution in [0.25, 0.3) is 0 Å². The first-order chi connectivity index (χ1) is 14.8. The van der Waals surface area contributed by atoms with Crippen molar-refractivity contribution in [3.05, 3.63) is 35.9 Å². The van der Waals surface area contributed by atoms with Gasteiger partial charge in [0.15, 0.2) is 0 Å². The van der Waals surface area contributed by atoms with Gasteiger partial charge in [0.2, 0.25) is 5.91 Å². The summed E-state index contributed by atoms with van der Waals surface area (Å²) in [6.45, 7) is 7.79. The van der Waals surface area contributed by atoms with E-state index in [0.29, 0.717) is 12.8 Å². The molecule has 0 aliphatic rings. The summed E-state index contributed by atoms with van der Waals surface area (Å²) in [4.78, 5) is 25.1. The van der Waals surface area contributed by atoms with Crippen molar-refractivity contribution in [3.8, 4) is 0 Å². The number of amides is 1. The van der Waals surface area contributed by atoms with Gasteiger partial charge in [0.25, 0.3) is 0 Å². The predicted molar refractivity (Wildman–Crippen MR) is 129 cm³/mol. The predicted octanol–water partition coefficient (Wildman–Crippen LogP) is 6.76. The summed E-state index contributed by atoms with van der Waals surface area (Å²) >= 11 is 0. The molecule has 0 fully saturated rings. The molecule has 0 bridgehead atoms. The standard InChI is InChI=1S/C27H45NO3/c1-5-6-7-8-9-10-11-12-13-14-18-21-25(29)28-24(26(30)31-27(2,3)4)22-23-19-16-15-17-20-23/h15-17,19-20,24H,5-14,18,21-22H2,1-4H3,(H,28,29)/t24-/m0/s1. The van der Waals surface area contributed by atoms with Crippen molar-refractivity contribution >= 4 is 11.9 Å². The second-order valence-electron chi connectivity index (χ2n) is 9.63. The van der Waals surface area contributed by atoms with Crippen molar-refractivity contribution < 1.29 is 14.3 Å². The van der Waals surface area contributed by atoms with Gasteiger partial charge in [-0.15, -0.1) is 0 Å². The van der Waals surface area contributed by atoms with Crippen molar-refractivity contribution in [2.24, 2.45) is 0 Å². The van der Waals surface area contributed by atoms with Gasteiger partial charge >= 0.3 is 5.97 Å². The zero-order valence-corrected chi connectivity index (χ0v) is 20.4. The van der Waals surface area contributed by atoms with Gasteiger partial charge in [-0.25, -0.2) is 4.79 Å². The Morgan fingerprint density at radius 1 is 0.839 bits per heavy atom. The number of esters is 1. The van der Waals surface area contributed by atoms with Crippen LogP contribution in [0.1, 0.15) is 110 Å². The first-order valence-corrected chi connectivity index (χ1v) is 12.4. The van der Waals surface area contributed by atoms with Crippen molar-refractivity contribution in [1.29, 1.82) is 0 Å². The number of benzene rings is 1. The lowest BCUT2D eigenvalue weighted by molar-refractivity contribution is -0.158. The second-order valence-corrected chi connectivity index (χ2v) is 9.63. The highest BCUT2D eigenvalue weighted by Crippen LogP contribution is 2.14. The lowest BCUT2D eigenvalue weighted by Gasteiger charge is -2.24. The van der Waals surface area contributed by atoms with Gasteiger partial charge in [-0.1, -0.05) is 101 Å². The molecule has 31 heavy (non-hydrogen) atoms. The zero-order chi connectivity index (χ0) is 23.0. The highest BCUT2D eigenvalue weighted by molar-refractivity contribution is 5.84. The lowest BCUT2D eigenvalue weighted by Crippen LogP contribution is -2.45. The first kappa shape index (κ1) is 27.2. The normalized spacial score (nSPS) is 12.4. The molecule has 0 saturated carbocycles. The Kier molecular flexibility index (Phi) is 13.9. The minimum Gasteiger partial charge on any atom is -0.458 e. The second kappa shape index (κ2) is 15.9. The molecule has 0 radical (unpaired) electrons. The lowest BCUT2D eigenvalue weighted by atomic mass is 10.0. The maximum absolute atomic E-state index is 12.6. The third-order valence-corrected chi connectivity index (χ3v) is 5.32. The Hall–Kier alpha value is -1.84. The quantitative estimate of drug-likeness (QED) is 0.232. The van der Waals surface area contributed by atoms with E-state index in [9.17, 15) is 9.59 Å². The third-order valence-electron chi connectivity index (χ3n) is 5.32. The van der Waals surface area contributed by atoms with Gasteiger partial charge in [-0.05, 0) is 32.8 Å². The SMILES string of the molecule is CCCCCCCCCCCCCC(=O)N[C@@H](Cc1ccccc1)C(=O)OC(C)(C)C. The first-order valence-electron chi connectivity index (χ1n) is 12.4. The Labute approximate surface area is 190 Å². The van der Waals surface area contributed by atoms with E-state index in [1.165, 1.54) is 57.8 Å². The Balaban J connectivity index is 2.29. The highest BCUT2D eigenvalue weighted by Gasteiger charge is 2.26. The Bertz CT molecular complexity index is 607. The highest BCUT2D eigenvalue weighted by atomic mass is 16.6. The average molecular weight is 432 g/mol. The maximum Gasteiger partial charge on any atom is 0.329 e. The molecule has 0 saturated heterocycles. The molecule has 1 N–H and O–H groups in total. The molecule has 0 spiro atoms. The Morgan fingerprint density at radius 3 is 1.87 bits per heavy atom. The molecule has 0 aliphatic carbocycles. The topological polar surface area (TPSA) is 55.4 Å². The number of carbonyl (C=O) groups is 2. The van der Waals surface area contributed by atoms with E-state index in [1.54, 1.807) is 0 Å². The molecule has 1 amide bonds. The van der Waals surface area contributed by atoms with Gasteiger partial charge in [0.1, 0.15) is 11.6 Å². The summed E-state index contributed by atoms with van der Waals surface area (Å²) in [6, 6.07) is 9.10. The fourth-order valence-corrected chi connectivity index (χ4v) is 3.63. The molecule has 0 heterocycles. The number of ether oxygens (including phenoxy) is 1. The van der Waals surface area contributed by atoms with Crippen LogP contribution in [0.3, 0.4) is 0 Å². The summed E-state index contributed by atoms with van der Waals surface area (Å²) in [5.74, 6) is -0.439. The zero-order valence-electron chi connectivity index (χ0n) is 20.4. The van der Waals surface area contributed by atoms with E-state index < -0.39 is 11.6 Å². The average Bonchev–Trinajstić information content (AvgIpc) is 2.71. The summed E-state index contributed by atoms with van der Waals surface area (Å²) < 4.78 is 5.53. The van der Waals surface area contributed by atoms with Crippen LogP contribution >= 0.6 is 0 Å². The van der Waals surface area contributed by atoms with Crippen molar-refractivity contribution in [2.45, 2.75) is 123 Å². The van der Waals surface area contributed by atoms with Crippen LogP contribution in [-0.2, 0) is 20.7 Å². The molecular weight excluding hydrogens is 386 g/mol. The number of unbranched alkanes of at least 4 members (excludes halogenated alkanes) is 10. The fraction of sp³-hybridized carbons (Fsp3) is 0.704. The number of hydrogen-bond acceptors (Lipinski definition) is 3. The van der Waals surface area contributed by atoms with E-state index in [-0.39, 0.29) is 11.9 Å². The number of rotatable bonds is 16. The molecule has 1 rings (SSSR count). The molecule has 1 atom stereocenters. The molecule has 4 heteroatoms. The molecule has 0 unspecified atom stereocenters. The largest absolute Gasteiger partial charge is 0.458 e. The van der Waals surface area contributed by atoms with Crippen LogP contribution in [-0.4, -0.2) is 23.5 Å². The van der Waals surface area contributed by atoms with Crippen LogP contribution in [0.5, 0.6) is 0 Å². The van der Waals surface area contributed by atoms with E-state index >= 15 is 0 Å². The van der Waals surface area contributed by atoms with Gasteiger partial charge < -0.3 is 10.1 Å². The molecule has 176 valence electrons. The number of hydrogen-bond donors (Lipinski definition) is 1. The third kappa shape index (κ3) is 14.7. The molecule has 0 aliphatic heterocycles. The monoisotopic (exact) mass is 431 g/mol. The molecular formula is C27H45NO3. The Morgan fingerprint density at radius 2 is 1.35 bits per heavy atom. The fourth-order valence-electron chi connectivity index (χ4n) is 3.63. The van der Waals surface area contributed by atoms with Crippen LogP contribution in [0.2, 0.25) is 0 Å². The van der Waals surface area contributed by atoms with Crippen LogP contribution in [0.15, 0.2) is 30.3 Å². The molecule has 1 aromatic rings. The number of carbonyl (C=O) groups excluding carboxylic acids is 2. The van der Waals surface area contributed by atoms with Crippen molar-refractivity contribution in [1.82, 2.24) is 5.32 Å². The molecule has 4 nitrogen and oxygen atoms in total. The van der Waals surface area contributed by atoms with E-state index in [0.717, 1.165) is 18.4 Å². The van der Waals surface area contributed by atoms with Crippen molar-refractivity contribution in [2.75, 3.05) is 0 Å². The van der Waals surface area contributed by atoms with E-state index in [1.807, 2.05) is 51.1 Å². The van der Waals surface area contributed by atoms with Gasteiger partial charge in [0, 0.05) is 12.8 Å². The molecule has 1 aromatic carbocycles.